The summed E-state index contributed by atoms with van der Waals surface area (Å²) in [6.45, 7) is 2.67. The summed E-state index contributed by atoms with van der Waals surface area (Å²) in [4.78, 5) is 56.1. The normalized spacial score (nSPS) is 20.2. The maximum absolute atomic E-state index is 13.2. The Hall–Kier alpha value is -4.28. The second-order valence-electron chi connectivity index (χ2n) is 8.21. The molecule has 182 valence electrons. The minimum atomic E-state index is -0.906. The molecule has 2 saturated heterocycles. The fourth-order valence-electron chi connectivity index (χ4n) is 4.56. The molecule has 11 heteroatoms. The Balaban J connectivity index is 1.74. The van der Waals surface area contributed by atoms with Gasteiger partial charge in [-0.05, 0) is 37.5 Å². The number of hydrogen-bond donors (Lipinski definition) is 1. The van der Waals surface area contributed by atoms with Gasteiger partial charge in [0, 0.05) is 49.2 Å². The molecule has 4 rings (SSSR count). The lowest BCUT2D eigenvalue weighted by Gasteiger charge is -2.38. The van der Waals surface area contributed by atoms with Crippen LogP contribution in [-0.2, 0) is 14.3 Å². The minimum absolute atomic E-state index is 0.0633. The number of nitro groups is 1. The fourth-order valence-corrected chi connectivity index (χ4v) is 4.56. The van der Waals surface area contributed by atoms with Gasteiger partial charge in [0.15, 0.2) is 0 Å². The number of aromatic nitrogens is 1. The number of ether oxygens (including phenoxy) is 1. The van der Waals surface area contributed by atoms with Crippen LogP contribution in [0.3, 0.4) is 0 Å². The van der Waals surface area contributed by atoms with Crippen LogP contribution in [0.25, 0.3) is 5.76 Å². The molecule has 2 aliphatic rings. The number of benzene rings is 1. The van der Waals surface area contributed by atoms with E-state index in [9.17, 15) is 29.6 Å². The maximum Gasteiger partial charge on any atom is 0.409 e. The number of non-ortho nitro benzene ring substituents is 1. The molecular weight excluding hydrogens is 456 g/mol. The van der Waals surface area contributed by atoms with Crippen LogP contribution in [-0.4, -0.2) is 68.3 Å². The summed E-state index contributed by atoms with van der Waals surface area (Å²) in [5.74, 6) is -2.13. The predicted octanol–water partition coefficient (Wildman–Crippen LogP) is 3.03. The van der Waals surface area contributed by atoms with E-state index in [1.165, 1.54) is 35.5 Å². The first kappa shape index (κ1) is 23.9. The zero-order chi connectivity index (χ0) is 25.1. The van der Waals surface area contributed by atoms with Gasteiger partial charge in [-0.2, -0.15) is 0 Å². The van der Waals surface area contributed by atoms with Gasteiger partial charge in [-0.15, -0.1) is 0 Å². The Labute approximate surface area is 200 Å². The number of nitro benzene ring substituents is 1. The van der Waals surface area contributed by atoms with E-state index in [0.717, 1.165) is 6.07 Å². The van der Waals surface area contributed by atoms with E-state index in [2.05, 4.69) is 4.98 Å². The van der Waals surface area contributed by atoms with Crippen LogP contribution in [0.1, 0.15) is 36.9 Å². The van der Waals surface area contributed by atoms with Crippen molar-refractivity contribution >= 4 is 29.2 Å². The summed E-state index contributed by atoms with van der Waals surface area (Å²) < 4.78 is 5.05. The molecule has 2 aliphatic heterocycles. The van der Waals surface area contributed by atoms with E-state index >= 15 is 0 Å². The minimum Gasteiger partial charge on any atom is -0.507 e. The Morgan fingerprint density at radius 2 is 1.89 bits per heavy atom. The Morgan fingerprint density at radius 3 is 2.51 bits per heavy atom. The van der Waals surface area contributed by atoms with Crippen molar-refractivity contribution in [3.63, 3.8) is 0 Å². The second-order valence-corrected chi connectivity index (χ2v) is 8.21. The van der Waals surface area contributed by atoms with Gasteiger partial charge in [-0.1, -0.05) is 12.1 Å². The quantitative estimate of drug-likeness (QED) is 0.226. The van der Waals surface area contributed by atoms with Gasteiger partial charge in [0.2, 0.25) is 0 Å². The van der Waals surface area contributed by atoms with Crippen molar-refractivity contribution in [3.05, 3.63) is 75.6 Å². The third kappa shape index (κ3) is 4.57. The van der Waals surface area contributed by atoms with Gasteiger partial charge >= 0.3 is 6.09 Å². The number of hydrogen-bond acceptors (Lipinski definition) is 8. The lowest BCUT2D eigenvalue weighted by atomic mass is 9.94. The number of pyridine rings is 1. The fraction of sp³-hybridized carbons (Fsp3) is 0.333. The summed E-state index contributed by atoms with van der Waals surface area (Å²) in [5, 5.41) is 22.3. The second kappa shape index (κ2) is 9.92. The van der Waals surface area contributed by atoms with Crippen LogP contribution in [0.15, 0.2) is 54.4 Å². The van der Waals surface area contributed by atoms with Gasteiger partial charge in [-0.3, -0.25) is 24.7 Å². The highest BCUT2D eigenvalue weighted by Gasteiger charge is 2.49. The van der Waals surface area contributed by atoms with E-state index in [1.54, 1.807) is 24.0 Å². The third-order valence-corrected chi connectivity index (χ3v) is 6.22. The topological polar surface area (TPSA) is 143 Å². The molecule has 2 amide bonds. The summed E-state index contributed by atoms with van der Waals surface area (Å²) in [6.07, 6.45) is 3.46. The van der Waals surface area contributed by atoms with Crippen molar-refractivity contribution < 1.29 is 29.2 Å². The van der Waals surface area contributed by atoms with E-state index in [0.29, 0.717) is 31.5 Å². The van der Waals surface area contributed by atoms with Crippen LogP contribution in [0.2, 0.25) is 0 Å². The number of piperidine rings is 1. The molecular formula is C24H24N4O7. The first-order chi connectivity index (χ1) is 16.8. The lowest BCUT2D eigenvalue weighted by molar-refractivity contribution is -0.384. The number of rotatable bonds is 5. The molecule has 0 saturated carbocycles. The monoisotopic (exact) mass is 480 g/mol. The largest absolute Gasteiger partial charge is 0.507 e. The highest BCUT2D eigenvalue weighted by atomic mass is 16.6. The molecule has 0 radical (unpaired) electrons. The highest BCUT2D eigenvalue weighted by Crippen LogP contribution is 2.42. The smallest absolute Gasteiger partial charge is 0.409 e. The van der Waals surface area contributed by atoms with Crippen molar-refractivity contribution in [1.82, 2.24) is 14.8 Å². The molecule has 1 atom stereocenters. The number of ketones is 1. The number of aliphatic hydroxyl groups is 1. The van der Waals surface area contributed by atoms with Crippen molar-refractivity contribution in [2.45, 2.75) is 31.8 Å². The van der Waals surface area contributed by atoms with Crippen molar-refractivity contribution in [3.8, 4) is 0 Å². The number of nitrogens with zero attached hydrogens (tertiary/aromatic N) is 4. The number of carbonyl (C=O) groups excluding carboxylic acids is 3. The lowest BCUT2D eigenvalue weighted by Crippen LogP contribution is -2.48. The van der Waals surface area contributed by atoms with E-state index in [4.69, 9.17) is 4.74 Å². The van der Waals surface area contributed by atoms with Crippen LogP contribution in [0.4, 0.5) is 10.5 Å². The van der Waals surface area contributed by atoms with Gasteiger partial charge < -0.3 is 19.6 Å². The molecule has 0 spiro atoms. The number of likely N-dealkylation sites (tertiary alicyclic amines) is 2. The standard InChI is InChI=1S/C24H24N4O7/c1-2-35-24(32)26-12-8-17(9-13-26)27-20(15-6-10-25-11-7-15)19(22(30)23(27)31)21(29)16-4-3-5-18(14-16)28(33)34/h3-7,10-11,14,17,20,29H,2,8-9,12-13H2,1H3/b21-19+. The molecule has 0 aliphatic carbocycles. The zero-order valence-electron chi connectivity index (χ0n) is 19.0. The predicted molar refractivity (Wildman–Crippen MR) is 123 cm³/mol. The number of Topliss-reactive ketones (excluding diaryl/α,β-unsaturated/α-hetero) is 1. The molecule has 1 unspecified atom stereocenters. The Bertz CT molecular complexity index is 1190. The summed E-state index contributed by atoms with van der Waals surface area (Å²) in [6, 6.07) is 7.29. The molecule has 11 nitrogen and oxygen atoms in total. The first-order valence-electron chi connectivity index (χ1n) is 11.2. The number of amides is 2. The van der Waals surface area contributed by atoms with E-state index in [1.807, 2.05) is 0 Å². The van der Waals surface area contributed by atoms with Gasteiger partial charge in [0.05, 0.1) is 23.1 Å². The molecule has 2 fully saturated rings. The Morgan fingerprint density at radius 1 is 1.20 bits per heavy atom. The maximum atomic E-state index is 13.2. The average Bonchev–Trinajstić information content (AvgIpc) is 3.14. The average molecular weight is 480 g/mol. The van der Waals surface area contributed by atoms with Gasteiger partial charge in [-0.25, -0.2) is 4.79 Å². The van der Waals surface area contributed by atoms with E-state index in [-0.39, 0.29) is 29.5 Å². The Kier molecular flexibility index (Phi) is 6.76. The molecule has 1 N–H and O–H groups in total. The van der Waals surface area contributed by atoms with Crippen LogP contribution in [0.5, 0.6) is 0 Å². The SMILES string of the molecule is CCOC(=O)N1CCC(N2C(=O)C(=O)/C(=C(/O)c3cccc([N+](=O)[O-])c3)C2c2ccncc2)CC1. The summed E-state index contributed by atoms with van der Waals surface area (Å²) in [5.41, 5.74) is 0.233. The molecule has 3 heterocycles. The molecule has 1 aromatic carbocycles. The number of carbonyl (C=O) groups is 3. The van der Waals surface area contributed by atoms with Crippen LogP contribution in [0, 0.1) is 10.1 Å². The molecule has 2 aromatic rings. The molecule has 1 aromatic heterocycles. The summed E-state index contributed by atoms with van der Waals surface area (Å²) >= 11 is 0. The van der Waals surface area contributed by atoms with Gasteiger partial charge in [0.1, 0.15) is 5.76 Å². The highest BCUT2D eigenvalue weighted by molar-refractivity contribution is 6.46. The molecule has 35 heavy (non-hydrogen) atoms. The summed E-state index contributed by atoms with van der Waals surface area (Å²) in [7, 11) is 0. The van der Waals surface area contributed by atoms with E-state index < -0.39 is 34.5 Å². The van der Waals surface area contributed by atoms with Crippen molar-refractivity contribution in [2.24, 2.45) is 0 Å². The first-order valence-corrected chi connectivity index (χ1v) is 11.2. The zero-order valence-corrected chi connectivity index (χ0v) is 19.0. The van der Waals surface area contributed by atoms with Crippen LogP contribution < -0.4 is 0 Å². The van der Waals surface area contributed by atoms with Gasteiger partial charge in [0.25, 0.3) is 17.4 Å². The van der Waals surface area contributed by atoms with Crippen molar-refractivity contribution in [1.29, 1.82) is 0 Å². The van der Waals surface area contributed by atoms with Crippen LogP contribution >= 0.6 is 0 Å². The van der Waals surface area contributed by atoms with Crippen molar-refractivity contribution in [2.75, 3.05) is 19.7 Å². The molecule has 0 bridgehead atoms. The number of aliphatic hydroxyl groups excluding tert-OH is 1. The third-order valence-electron chi connectivity index (χ3n) is 6.22.